The summed E-state index contributed by atoms with van der Waals surface area (Å²) in [6, 6.07) is 0.757. The Morgan fingerprint density at radius 2 is 1.95 bits per heavy atom. The third-order valence-corrected chi connectivity index (χ3v) is 4.82. The van der Waals surface area contributed by atoms with E-state index in [-0.39, 0.29) is 24.2 Å². The second-order valence-corrected chi connectivity index (χ2v) is 6.40. The molecule has 1 atom stereocenters. The van der Waals surface area contributed by atoms with E-state index >= 15 is 0 Å². The standard InChI is InChI=1S/C16H31N3O.ClH/c1-14-6-2-4-12-19(14)13-5-3-9-18-16(20)15-7-10-17-11-8-15;/h14-15,17H,2-13H2,1H3,(H,18,20);1H. The Bertz CT molecular complexity index is 295. The van der Waals surface area contributed by atoms with Gasteiger partial charge in [0.2, 0.25) is 5.91 Å². The summed E-state index contributed by atoms with van der Waals surface area (Å²) in [4.78, 5) is 14.6. The number of hydrogen-bond acceptors (Lipinski definition) is 3. The number of unbranched alkanes of at least 4 members (excludes halogenated alkanes) is 1. The van der Waals surface area contributed by atoms with E-state index in [2.05, 4.69) is 22.5 Å². The third-order valence-electron chi connectivity index (χ3n) is 4.82. The largest absolute Gasteiger partial charge is 0.356 e. The number of carbonyl (C=O) groups is 1. The Morgan fingerprint density at radius 3 is 2.67 bits per heavy atom. The quantitative estimate of drug-likeness (QED) is 0.738. The summed E-state index contributed by atoms with van der Waals surface area (Å²) >= 11 is 0. The average Bonchev–Trinajstić information content (AvgIpc) is 2.49. The van der Waals surface area contributed by atoms with Gasteiger partial charge in [0.05, 0.1) is 0 Å². The zero-order chi connectivity index (χ0) is 14.2. The molecule has 124 valence electrons. The molecule has 0 aromatic heterocycles. The highest BCUT2D eigenvalue weighted by molar-refractivity contribution is 5.85. The van der Waals surface area contributed by atoms with Crippen LogP contribution in [0, 0.1) is 5.92 Å². The molecule has 5 heteroatoms. The van der Waals surface area contributed by atoms with Gasteiger partial charge in [-0.15, -0.1) is 12.4 Å². The summed E-state index contributed by atoms with van der Waals surface area (Å²) in [5.41, 5.74) is 0. The molecule has 0 spiro atoms. The highest BCUT2D eigenvalue weighted by Crippen LogP contribution is 2.16. The minimum atomic E-state index is 0. The lowest BCUT2D eigenvalue weighted by Gasteiger charge is -2.33. The summed E-state index contributed by atoms with van der Waals surface area (Å²) < 4.78 is 0. The molecule has 2 aliphatic heterocycles. The van der Waals surface area contributed by atoms with Crippen molar-refractivity contribution in [1.82, 2.24) is 15.5 Å². The van der Waals surface area contributed by atoms with Crippen LogP contribution in [0.3, 0.4) is 0 Å². The van der Waals surface area contributed by atoms with Crippen molar-refractivity contribution in [2.24, 2.45) is 5.92 Å². The Morgan fingerprint density at radius 1 is 1.19 bits per heavy atom. The van der Waals surface area contributed by atoms with Crippen molar-refractivity contribution in [3.05, 3.63) is 0 Å². The third kappa shape index (κ3) is 6.54. The molecular weight excluding hydrogens is 286 g/mol. The SMILES string of the molecule is CC1CCCCN1CCCCNC(=O)C1CCNCC1.Cl. The molecule has 2 heterocycles. The molecule has 0 radical (unpaired) electrons. The number of carbonyl (C=O) groups excluding carboxylic acids is 1. The van der Waals surface area contributed by atoms with Crippen LogP contribution in [0.5, 0.6) is 0 Å². The molecule has 21 heavy (non-hydrogen) atoms. The molecule has 0 saturated carbocycles. The van der Waals surface area contributed by atoms with Gasteiger partial charge < -0.3 is 15.5 Å². The minimum Gasteiger partial charge on any atom is -0.356 e. The lowest BCUT2D eigenvalue weighted by Crippen LogP contribution is -2.39. The second kappa shape index (κ2) is 10.4. The van der Waals surface area contributed by atoms with Gasteiger partial charge in [-0.25, -0.2) is 0 Å². The lowest BCUT2D eigenvalue weighted by molar-refractivity contribution is -0.125. The van der Waals surface area contributed by atoms with E-state index in [0.717, 1.165) is 44.9 Å². The zero-order valence-electron chi connectivity index (χ0n) is 13.4. The van der Waals surface area contributed by atoms with Gasteiger partial charge in [0.25, 0.3) is 0 Å². The summed E-state index contributed by atoms with van der Waals surface area (Å²) in [6.07, 6.45) is 8.41. The molecule has 2 rings (SSSR count). The first-order chi connectivity index (χ1) is 9.77. The topological polar surface area (TPSA) is 44.4 Å². The molecule has 2 saturated heterocycles. The second-order valence-electron chi connectivity index (χ2n) is 6.40. The van der Waals surface area contributed by atoms with E-state index in [4.69, 9.17) is 0 Å². The summed E-state index contributed by atoms with van der Waals surface area (Å²) in [5, 5.41) is 6.42. The van der Waals surface area contributed by atoms with Crippen molar-refractivity contribution < 1.29 is 4.79 Å². The maximum atomic E-state index is 12.0. The maximum Gasteiger partial charge on any atom is 0.223 e. The van der Waals surface area contributed by atoms with Crippen molar-refractivity contribution in [2.75, 3.05) is 32.7 Å². The van der Waals surface area contributed by atoms with Gasteiger partial charge >= 0.3 is 0 Å². The van der Waals surface area contributed by atoms with Crippen LogP contribution >= 0.6 is 12.4 Å². The predicted octanol–water partition coefficient (Wildman–Crippen LogP) is 2.18. The number of amides is 1. The van der Waals surface area contributed by atoms with Crippen molar-refractivity contribution in [1.29, 1.82) is 0 Å². The molecule has 0 aromatic rings. The Balaban J connectivity index is 0.00000220. The first kappa shape index (κ1) is 18.7. The van der Waals surface area contributed by atoms with Gasteiger partial charge in [0.1, 0.15) is 0 Å². The number of halogens is 1. The molecular formula is C16H32ClN3O. The van der Waals surface area contributed by atoms with E-state index in [1.54, 1.807) is 0 Å². The molecule has 1 amide bonds. The molecule has 0 aromatic carbocycles. The molecule has 2 fully saturated rings. The highest BCUT2D eigenvalue weighted by Gasteiger charge is 2.20. The Hall–Kier alpha value is -0.320. The molecule has 2 N–H and O–H groups in total. The average molecular weight is 318 g/mol. The number of rotatable bonds is 6. The van der Waals surface area contributed by atoms with Crippen molar-refractivity contribution in [2.45, 2.75) is 57.9 Å². The van der Waals surface area contributed by atoms with E-state index in [1.165, 1.54) is 38.8 Å². The zero-order valence-corrected chi connectivity index (χ0v) is 14.2. The minimum absolute atomic E-state index is 0. The smallest absolute Gasteiger partial charge is 0.223 e. The number of nitrogens with zero attached hydrogens (tertiary/aromatic N) is 1. The number of hydrogen-bond donors (Lipinski definition) is 2. The fourth-order valence-corrected chi connectivity index (χ4v) is 3.37. The van der Waals surface area contributed by atoms with E-state index in [1.807, 2.05) is 0 Å². The van der Waals surface area contributed by atoms with Gasteiger partial charge in [0.15, 0.2) is 0 Å². The van der Waals surface area contributed by atoms with Gasteiger partial charge in [-0.3, -0.25) is 4.79 Å². The van der Waals surface area contributed by atoms with E-state index < -0.39 is 0 Å². The molecule has 0 bridgehead atoms. The summed E-state index contributed by atoms with van der Waals surface area (Å²) in [7, 11) is 0. The lowest BCUT2D eigenvalue weighted by atomic mass is 9.97. The molecule has 0 aliphatic carbocycles. The van der Waals surface area contributed by atoms with E-state index in [0.29, 0.717) is 0 Å². The van der Waals surface area contributed by atoms with Crippen LogP contribution < -0.4 is 10.6 Å². The first-order valence-electron chi connectivity index (χ1n) is 8.50. The maximum absolute atomic E-state index is 12.0. The van der Waals surface area contributed by atoms with Crippen molar-refractivity contribution in [3.8, 4) is 0 Å². The molecule has 2 aliphatic rings. The number of likely N-dealkylation sites (tertiary alicyclic amines) is 1. The van der Waals surface area contributed by atoms with Crippen molar-refractivity contribution in [3.63, 3.8) is 0 Å². The van der Waals surface area contributed by atoms with Crippen LogP contribution in [0.2, 0.25) is 0 Å². The predicted molar refractivity (Wildman–Crippen MR) is 90.0 cm³/mol. The molecule has 4 nitrogen and oxygen atoms in total. The van der Waals surface area contributed by atoms with Crippen LogP contribution in [0.25, 0.3) is 0 Å². The Labute approximate surface area is 135 Å². The molecule has 1 unspecified atom stereocenters. The van der Waals surface area contributed by atoms with Crippen LogP contribution in [0.1, 0.15) is 51.9 Å². The monoisotopic (exact) mass is 317 g/mol. The van der Waals surface area contributed by atoms with Crippen LogP contribution in [0.4, 0.5) is 0 Å². The fourth-order valence-electron chi connectivity index (χ4n) is 3.37. The fraction of sp³-hybridized carbons (Fsp3) is 0.938. The van der Waals surface area contributed by atoms with Crippen LogP contribution in [-0.2, 0) is 4.79 Å². The summed E-state index contributed by atoms with van der Waals surface area (Å²) in [6.45, 7) is 7.64. The van der Waals surface area contributed by atoms with Crippen LogP contribution in [0.15, 0.2) is 0 Å². The first-order valence-corrected chi connectivity index (χ1v) is 8.50. The van der Waals surface area contributed by atoms with Gasteiger partial charge in [-0.2, -0.15) is 0 Å². The number of piperidine rings is 2. The number of nitrogens with one attached hydrogen (secondary N) is 2. The Kier molecular flexibility index (Phi) is 9.29. The van der Waals surface area contributed by atoms with Crippen molar-refractivity contribution >= 4 is 18.3 Å². The van der Waals surface area contributed by atoms with Gasteiger partial charge in [-0.05, 0) is 71.6 Å². The van der Waals surface area contributed by atoms with Gasteiger partial charge in [0, 0.05) is 18.5 Å². The highest BCUT2D eigenvalue weighted by atomic mass is 35.5. The van der Waals surface area contributed by atoms with Gasteiger partial charge in [-0.1, -0.05) is 6.42 Å². The summed E-state index contributed by atoms with van der Waals surface area (Å²) in [5.74, 6) is 0.524. The van der Waals surface area contributed by atoms with Crippen LogP contribution in [-0.4, -0.2) is 49.6 Å². The normalized spacial score (nSPS) is 24.3. The van der Waals surface area contributed by atoms with E-state index in [9.17, 15) is 4.79 Å².